The molecule has 2 aromatic rings. The minimum absolute atomic E-state index is 0.0944. The van der Waals surface area contributed by atoms with Crippen molar-refractivity contribution >= 4 is 22.6 Å². The molecular weight excluding hydrogens is 268 g/mol. The molecule has 0 atom stereocenters. The first-order chi connectivity index (χ1) is 9.81. The minimum Gasteiger partial charge on any atom is -0.507 e. The zero-order chi connectivity index (χ0) is 15.6. The van der Waals surface area contributed by atoms with Gasteiger partial charge in [-0.25, -0.2) is 0 Å². The summed E-state index contributed by atoms with van der Waals surface area (Å²) >= 11 is 0. The van der Waals surface area contributed by atoms with Gasteiger partial charge in [0.1, 0.15) is 5.75 Å². The lowest BCUT2D eigenvalue weighted by molar-refractivity contribution is -0.125. The van der Waals surface area contributed by atoms with Gasteiger partial charge in [0.15, 0.2) is 0 Å². The van der Waals surface area contributed by atoms with Crippen molar-refractivity contribution in [1.29, 1.82) is 0 Å². The predicted octanol–water partition coefficient (Wildman–Crippen LogP) is 1.79. The second kappa shape index (κ2) is 5.44. The van der Waals surface area contributed by atoms with E-state index < -0.39 is 17.2 Å². The van der Waals surface area contributed by atoms with Gasteiger partial charge in [-0.2, -0.15) is 0 Å². The summed E-state index contributed by atoms with van der Waals surface area (Å²) in [4.78, 5) is 23.4. The van der Waals surface area contributed by atoms with Crippen molar-refractivity contribution in [1.82, 2.24) is 5.32 Å². The van der Waals surface area contributed by atoms with E-state index in [0.29, 0.717) is 0 Å². The Labute approximate surface area is 122 Å². The van der Waals surface area contributed by atoms with Crippen LogP contribution in [-0.4, -0.2) is 23.5 Å². The van der Waals surface area contributed by atoms with E-state index in [1.54, 1.807) is 26.0 Å². The number of carbonyl (C=O) groups excluding carboxylic acids is 2. The number of rotatable bonds is 4. The molecule has 4 N–H and O–H groups in total. The molecule has 0 unspecified atom stereocenters. The number of fused-ring (bicyclic) bond motifs is 1. The Morgan fingerprint density at radius 2 is 1.76 bits per heavy atom. The number of aromatic hydroxyl groups is 1. The van der Waals surface area contributed by atoms with E-state index in [9.17, 15) is 14.7 Å². The van der Waals surface area contributed by atoms with Gasteiger partial charge in [-0.3, -0.25) is 9.59 Å². The number of primary amides is 1. The Balaban J connectivity index is 2.23. The third-order valence-corrected chi connectivity index (χ3v) is 3.47. The summed E-state index contributed by atoms with van der Waals surface area (Å²) in [5, 5.41) is 14.3. The van der Waals surface area contributed by atoms with Crippen LogP contribution in [-0.2, 0) is 4.79 Å². The molecule has 0 radical (unpaired) electrons. The largest absolute Gasteiger partial charge is 0.507 e. The molecule has 0 aliphatic carbocycles. The first-order valence-corrected chi connectivity index (χ1v) is 6.61. The first-order valence-electron chi connectivity index (χ1n) is 6.61. The molecule has 0 saturated heterocycles. The first kappa shape index (κ1) is 14.8. The molecule has 0 heterocycles. The summed E-state index contributed by atoms with van der Waals surface area (Å²) in [6.07, 6.45) is 0. The fourth-order valence-electron chi connectivity index (χ4n) is 1.89. The maximum absolute atomic E-state index is 12.2. The summed E-state index contributed by atoms with van der Waals surface area (Å²) in [7, 11) is 0. The highest BCUT2D eigenvalue weighted by atomic mass is 16.3. The second-order valence-electron chi connectivity index (χ2n) is 5.65. The molecule has 2 rings (SSSR count). The van der Waals surface area contributed by atoms with Gasteiger partial charge in [0, 0.05) is 6.54 Å². The van der Waals surface area contributed by atoms with Crippen molar-refractivity contribution in [3.63, 3.8) is 0 Å². The van der Waals surface area contributed by atoms with Gasteiger partial charge in [-0.1, -0.05) is 24.3 Å². The summed E-state index contributed by atoms with van der Waals surface area (Å²) < 4.78 is 0. The predicted molar refractivity (Wildman–Crippen MR) is 80.9 cm³/mol. The number of hydrogen-bond acceptors (Lipinski definition) is 3. The average molecular weight is 286 g/mol. The zero-order valence-electron chi connectivity index (χ0n) is 12.0. The van der Waals surface area contributed by atoms with Crippen LogP contribution in [0.25, 0.3) is 10.8 Å². The molecule has 110 valence electrons. The normalized spacial score (nSPS) is 11.3. The molecule has 0 aromatic heterocycles. The van der Waals surface area contributed by atoms with Gasteiger partial charge in [-0.05, 0) is 36.8 Å². The average Bonchev–Trinajstić information content (AvgIpc) is 2.44. The Bertz CT molecular complexity index is 708. The Morgan fingerprint density at radius 1 is 1.19 bits per heavy atom. The van der Waals surface area contributed by atoms with E-state index in [0.717, 1.165) is 10.8 Å². The quantitative estimate of drug-likeness (QED) is 0.800. The topological polar surface area (TPSA) is 92.4 Å². The van der Waals surface area contributed by atoms with Gasteiger partial charge >= 0.3 is 0 Å². The number of phenolic OH excluding ortho intramolecular Hbond substituents is 1. The highest BCUT2D eigenvalue weighted by Gasteiger charge is 2.26. The van der Waals surface area contributed by atoms with Crippen molar-refractivity contribution < 1.29 is 14.7 Å². The third-order valence-electron chi connectivity index (χ3n) is 3.47. The minimum atomic E-state index is -0.845. The standard InChI is InChI=1S/C16H18N2O3/c1-16(2,15(17)21)9-18-14(20)12-7-10-5-3-4-6-11(10)8-13(12)19/h3-8,19H,9H2,1-2H3,(H2,17,21)(H,18,20). The number of nitrogens with two attached hydrogens (primary N) is 1. The van der Waals surface area contributed by atoms with Crippen molar-refractivity contribution in [3.8, 4) is 5.75 Å². The summed E-state index contributed by atoms with van der Waals surface area (Å²) in [5.74, 6) is -1.03. The van der Waals surface area contributed by atoms with E-state index in [-0.39, 0.29) is 17.9 Å². The Kier molecular flexibility index (Phi) is 3.84. The van der Waals surface area contributed by atoms with E-state index in [4.69, 9.17) is 5.73 Å². The van der Waals surface area contributed by atoms with Crippen molar-refractivity contribution in [2.75, 3.05) is 6.54 Å². The van der Waals surface area contributed by atoms with Gasteiger partial charge < -0.3 is 16.2 Å². The maximum Gasteiger partial charge on any atom is 0.255 e. The molecule has 5 heteroatoms. The van der Waals surface area contributed by atoms with Gasteiger partial charge in [0.2, 0.25) is 5.91 Å². The SMILES string of the molecule is CC(C)(CNC(=O)c1cc2ccccc2cc1O)C(N)=O. The van der Waals surface area contributed by atoms with Gasteiger partial charge in [0.05, 0.1) is 11.0 Å². The molecule has 0 spiro atoms. The molecule has 2 amide bonds. The lowest BCUT2D eigenvalue weighted by Gasteiger charge is -2.20. The lowest BCUT2D eigenvalue weighted by Crippen LogP contribution is -2.42. The highest BCUT2D eigenvalue weighted by Crippen LogP contribution is 2.25. The maximum atomic E-state index is 12.2. The second-order valence-corrected chi connectivity index (χ2v) is 5.65. The Morgan fingerprint density at radius 3 is 2.33 bits per heavy atom. The number of carbonyl (C=O) groups is 2. The molecule has 21 heavy (non-hydrogen) atoms. The summed E-state index contributed by atoms with van der Waals surface area (Å²) in [6, 6.07) is 10.6. The molecule has 0 fully saturated rings. The van der Waals surface area contributed by atoms with Crippen LogP contribution in [0.4, 0.5) is 0 Å². The van der Waals surface area contributed by atoms with Crippen LogP contribution in [0, 0.1) is 5.41 Å². The smallest absolute Gasteiger partial charge is 0.255 e. The van der Waals surface area contributed by atoms with E-state index in [1.165, 1.54) is 0 Å². The fourth-order valence-corrected chi connectivity index (χ4v) is 1.89. The van der Waals surface area contributed by atoms with Crippen LogP contribution in [0.1, 0.15) is 24.2 Å². The van der Waals surface area contributed by atoms with Crippen molar-refractivity contribution in [2.24, 2.45) is 11.1 Å². The molecule has 0 aliphatic heterocycles. The number of amides is 2. The number of hydrogen-bond donors (Lipinski definition) is 3. The summed E-state index contributed by atoms with van der Waals surface area (Å²) in [6.45, 7) is 3.40. The van der Waals surface area contributed by atoms with Gasteiger partial charge in [-0.15, -0.1) is 0 Å². The molecule has 2 aromatic carbocycles. The van der Waals surface area contributed by atoms with Crippen LogP contribution in [0.2, 0.25) is 0 Å². The van der Waals surface area contributed by atoms with Crippen molar-refractivity contribution in [3.05, 3.63) is 42.0 Å². The zero-order valence-corrected chi connectivity index (χ0v) is 12.0. The van der Waals surface area contributed by atoms with Crippen LogP contribution < -0.4 is 11.1 Å². The molecule has 0 bridgehead atoms. The molecule has 5 nitrogen and oxygen atoms in total. The van der Waals surface area contributed by atoms with Crippen LogP contribution >= 0.6 is 0 Å². The molecule has 0 aliphatic rings. The van der Waals surface area contributed by atoms with Crippen LogP contribution in [0.15, 0.2) is 36.4 Å². The number of phenols is 1. The van der Waals surface area contributed by atoms with E-state index >= 15 is 0 Å². The third kappa shape index (κ3) is 3.13. The lowest BCUT2D eigenvalue weighted by atomic mass is 9.92. The van der Waals surface area contributed by atoms with Crippen molar-refractivity contribution in [2.45, 2.75) is 13.8 Å². The van der Waals surface area contributed by atoms with E-state index in [2.05, 4.69) is 5.32 Å². The van der Waals surface area contributed by atoms with E-state index in [1.807, 2.05) is 24.3 Å². The van der Waals surface area contributed by atoms with Gasteiger partial charge in [0.25, 0.3) is 5.91 Å². The fraction of sp³-hybridized carbons (Fsp3) is 0.250. The van der Waals surface area contributed by atoms with Crippen LogP contribution in [0.3, 0.4) is 0 Å². The Hall–Kier alpha value is -2.56. The van der Waals surface area contributed by atoms with Crippen LogP contribution in [0.5, 0.6) is 5.75 Å². The number of nitrogens with one attached hydrogen (secondary N) is 1. The highest BCUT2D eigenvalue weighted by molar-refractivity contribution is 6.01. The number of benzene rings is 2. The summed E-state index contributed by atoms with van der Waals surface area (Å²) in [5.41, 5.74) is 4.59. The molecular formula is C16H18N2O3. The molecule has 0 saturated carbocycles. The monoisotopic (exact) mass is 286 g/mol.